The van der Waals surface area contributed by atoms with E-state index in [1.165, 1.54) is 0 Å². The first-order valence-corrected chi connectivity index (χ1v) is 8.67. The van der Waals surface area contributed by atoms with Crippen LogP contribution in [0.2, 0.25) is 0 Å². The maximum Gasteiger partial charge on any atom is 0.242 e. The topological polar surface area (TPSA) is 71.3 Å². The van der Waals surface area contributed by atoms with Gasteiger partial charge in [0.2, 0.25) is 10.0 Å². The molecule has 0 spiro atoms. The molecule has 0 saturated heterocycles. The van der Waals surface area contributed by atoms with Crippen LogP contribution in [0.5, 0.6) is 0 Å². The Bertz CT molecular complexity index is 563. The SMILES string of the molecule is CC1CCCC1NS(=O)(=O)c1cc(CO)n(C(C)C)c1. The molecule has 2 unspecified atom stereocenters. The van der Waals surface area contributed by atoms with Crippen LogP contribution in [0, 0.1) is 5.92 Å². The molecule has 1 aliphatic carbocycles. The van der Waals surface area contributed by atoms with Crippen molar-refractivity contribution < 1.29 is 13.5 Å². The zero-order chi connectivity index (χ0) is 14.9. The zero-order valence-electron chi connectivity index (χ0n) is 12.3. The van der Waals surface area contributed by atoms with Crippen molar-refractivity contribution in [2.24, 2.45) is 5.92 Å². The van der Waals surface area contributed by atoms with E-state index in [9.17, 15) is 13.5 Å². The number of nitrogens with zero attached hydrogens (tertiary/aromatic N) is 1. The van der Waals surface area contributed by atoms with Crippen molar-refractivity contribution in [3.63, 3.8) is 0 Å². The molecule has 0 aromatic carbocycles. The van der Waals surface area contributed by atoms with Crippen LogP contribution in [0.1, 0.15) is 51.8 Å². The van der Waals surface area contributed by atoms with Crippen LogP contribution in [0.25, 0.3) is 0 Å². The summed E-state index contributed by atoms with van der Waals surface area (Å²) in [5.41, 5.74) is 0.625. The van der Waals surface area contributed by atoms with Gasteiger partial charge in [0.15, 0.2) is 0 Å². The summed E-state index contributed by atoms with van der Waals surface area (Å²) in [7, 11) is -3.50. The van der Waals surface area contributed by atoms with Crippen molar-refractivity contribution in [3.05, 3.63) is 18.0 Å². The van der Waals surface area contributed by atoms with E-state index in [-0.39, 0.29) is 23.6 Å². The summed E-state index contributed by atoms with van der Waals surface area (Å²) >= 11 is 0. The third-order valence-corrected chi connectivity index (χ3v) is 5.56. The van der Waals surface area contributed by atoms with E-state index in [1.807, 2.05) is 13.8 Å². The van der Waals surface area contributed by atoms with Crippen LogP contribution in [-0.2, 0) is 16.6 Å². The molecule has 0 bridgehead atoms. The van der Waals surface area contributed by atoms with Gasteiger partial charge in [0, 0.05) is 24.0 Å². The lowest BCUT2D eigenvalue weighted by atomic mass is 10.1. The van der Waals surface area contributed by atoms with Crippen LogP contribution in [0.4, 0.5) is 0 Å². The lowest BCUT2D eigenvalue weighted by Crippen LogP contribution is -2.36. The largest absolute Gasteiger partial charge is 0.390 e. The minimum absolute atomic E-state index is 0.0278. The van der Waals surface area contributed by atoms with E-state index in [2.05, 4.69) is 11.6 Å². The number of hydrogen-bond donors (Lipinski definition) is 2. The predicted molar refractivity (Wildman–Crippen MR) is 77.9 cm³/mol. The highest BCUT2D eigenvalue weighted by Gasteiger charge is 2.29. The van der Waals surface area contributed by atoms with Crippen molar-refractivity contribution in [1.82, 2.24) is 9.29 Å². The molecule has 1 aliphatic rings. The zero-order valence-corrected chi connectivity index (χ0v) is 13.2. The molecular formula is C14H24N2O3S. The van der Waals surface area contributed by atoms with Gasteiger partial charge >= 0.3 is 0 Å². The maximum absolute atomic E-state index is 12.4. The Kier molecular flexibility index (Phi) is 4.56. The van der Waals surface area contributed by atoms with Crippen LogP contribution in [-0.4, -0.2) is 24.1 Å². The smallest absolute Gasteiger partial charge is 0.242 e. The van der Waals surface area contributed by atoms with Crippen molar-refractivity contribution >= 4 is 10.0 Å². The maximum atomic E-state index is 12.4. The molecule has 0 aliphatic heterocycles. The van der Waals surface area contributed by atoms with Gasteiger partial charge in [0.1, 0.15) is 0 Å². The second-order valence-corrected chi connectivity index (χ2v) is 7.68. The lowest BCUT2D eigenvalue weighted by molar-refractivity contribution is 0.268. The van der Waals surface area contributed by atoms with Gasteiger partial charge in [-0.2, -0.15) is 0 Å². The fourth-order valence-electron chi connectivity index (χ4n) is 2.84. The molecule has 1 aromatic heterocycles. The van der Waals surface area contributed by atoms with E-state index < -0.39 is 10.0 Å². The Morgan fingerprint density at radius 2 is 2.15 bits per heavy atom. The Labute approximate surface area is 121 Å². The highest BCUT2D eigenvalue weighted by Crippen LogP contribution is 2.27. The van der Waals surface area contributed by atoms with Crippen molar-refractivity contribution in [2.45, 2.75) is 63.6 Å². The molecule has 2 N–H and O–H groups in total. The number of aliphatic hydroxyl groups is 1. The molecule has 6 heteroatoms. The molecule has 2 atom stereocenters. The number of hydrogen-bond acceptors (Lipinski definition) is 3. The van der Waals surface area contributed by atoms with Crippen molar-refractivity contribution in [1.29, 1.82) is 0 Å². The van der Waals surface area contributed by atoms with Gasteiger partial charge in [-0.1, -0.05) is 13.3 Å². The highest BCUT2D eigenvalue weighted by atomic mass is 32.2. The van der Waals surface area contributed by atoms with E-state index in [0.29, 0.717) is 11.6 Å². The predicted octanol–water partition coefficient (Wildman–Crippen LogP) is 2.03. The van der Waals surface area contributed by atoms with E-state index in [4.69, 9.17) is 0 Å². The molecule has 1 aromatic rings. The minimum Gasteiger partial charge on any atom is -0.390 e. The molecule has 2 rings (SSSR count). The third-order valence-electron chi connectivity index (χ3n) is 4.10. The second-order valence-electron chi connectivity index (χ2n) is 5.96. The monoisotopic (exact) mass is 300 g/mol. The first kappa shape index (κ1) is 15.5. The number of aliphatic hydroxyl groups excluding tert-OH is 1. The molecule has 20 heavy (non-hydrogen) atoms. The molecular weight excluding hydrogens is 276 g/mol. The first-order valence-electron chi connectivity index (χ1n) is 7.19. The quantitative estimate of drug-likeness (QED) is 0.874. The van der Waals surface area contributed by atoms with E-state index >= 15 is 0 Å². The molecule has 1 fully saturated rings. The Morgan fingerprint density at radius 1 is 1.45 bits per heavy atom. The van der Waals surface area contributed by atoms with Gasteiger partial charge in [-0.25, -0.2) is 13.1 Å². The summed E-state index contributed by atoms with van der Waals surface area (Å²) < 4.78 is 29.5. The average molecular weight is 300 g/mol. The normalized spacial score (nSPS) is 23.6. The van der Waals surface area contributed by atoms with Gasteiger partial charge in [-0.15, -0.1) is 0 Å². The van der Waals surface area contributed by atoms with Crippen molar-refractivity contribution in [2.75, 3.05) is 0 Å². The van der Waals surface area contributed by atoms with Crippen LogP contribution in [0.3, 0.4) is 0 Å². The highest BCUT2D eigenvalue weighted by molar-refractivity contribution is 7.89. The summed E-state index contributed by atoms with van der Waals surface area (Å²) in [5, 5.41) is 9.34. The number of sulfonamides is 1. The summed E-state index contributed by atoms with van der Waals surface area (Å²) in [4.78, 5) is 0.245. The first-order chi connectivity index (χ1) is 9.35. The second kappa shape index (κ2) is 5.87. The Morgan fingerprint density at radius 3 is 2.60 bits per heavy atom. The molecule has 0 radical (unpaired) electrons. The van der Waals surface area contributed by atoms with Gasteiger partial charge in [-0.05, 0) is 38.7 Å². The van der Waals surface area contributed by atoms with Gasteiger partial charge < -0.3 is 9.67 Å². The molecule has 5 nitrogen and oxygen atoms in total. The Hall–Kier alpha value is -0.850. The van der Waals surface area contributed by atoms with Crippen LogP contribution < -0.4 is 4.72 Å². The fourth-order valence-corrected chi connectivity index (χ4v) is 4.27. The van der Waals surface area contributed by atoms with Gasteiger partial charge in [0.05, 0.1) is 11.5 Å². The number of rotatable bonds is 5. The van der Waals surface area contributed by atoms with Crippen LogP contribution in [0.15, 0.2) is 17.2 Å². The summed E-state index contributed by atoms with van der Waals surface area (Å²) in [6.07, 6.45) is 4.65. The Balaban J connectivity index is 2.25. The number of nitrogens with one attached hydrogen (secondary N) is 1. The molecule has 1 heterocycles. The molecule has 0 amide bonds. The number of aromatic nitrogens is 1. The van der Waals surface area contributed by atoms with Gasteiger partial charge in [-0.3, -0.25) is 0 Å². The summed E-state index contributed by atoms with van der Waals surface area (Å²) in [5.74, 6) is 0.384. The average Bonchev–Trinajstić information content (AvgIpc) is 2.96. The molecule has 1 saturated carbocycles. The van der Waals surface area contributed by atoms with Crippen LogP contribution >= 0.6 is 0 Å². The summed E-state index contributed by atoms with van der Waals surface area (Å²) in [6.45, 7) is 5.84. The fraction of sp³-hybridized carbons (Fsp3) is 0.714. The molecule has 114 valence electrons. The van der Waals surface area contributed by atoms with E-state index in [1.54, 1.807) is 16.8 Å². The van der Waals surface area contributed by atoms with Crippen molar-refractivity contribution in [3.8, 4) is 0 Å². The van der Waals surface area contributed by atoms with E-state index in [0.717, 1.165) is 19.3 Å². The summed E-state index contributed by atoms with van der Waals surface area (Å²) in [6, 6.07) is 1.70. The third kappa shape index (κ3) is 3.07. The standard InChI is InChI=1S/C14H24N2O3S/c1-10(2)16-8-13(7-12(16)9-17)20(18,19)15-14-6-4-5-11(14)3/h7-8,10-11,14-15,17H,4-6,9H2,1-3H3. The van der Waals surface area contributed by atoms with Gasteiger partial charge in [0.25, 0.3) is 0 Å². The lowest BCUT2D eigenvalue weighted by Gasteiger charge is -2.16. The minimum atomic E-state index is -3.50.